The van der Waals surface area contributed by atoms with Crippen LogP contribution in [0.5, 0.6) is 0 Å². The third-order valence-corrected chi connectivity index (χ3v) is 5.12. The van der Waals surface area contributed by atoms with E-state index in [9.17, 15) is 4.79 Å². The lowest BCUT2D eigenvalue weighted by Gasteiger charge is -2.22. The normalized spacial score (nSPS) is 19.2. The highest BCUT2D eigenvalue weighted by atomic mass is 32.2. The SMILES string of the molecule is CCSc1ccc([C@@H](C)NC(=O)N2CC[C@H](CN(C)C)C2)cc1. The fourth-order valence-electron chi connectivity index (χ4n) is 3.06. The molecule has 1 aromatic carbocycles. The number of hydrogen-bond donors (Lipinski definition) is 1. The fraction of sp³-hybridized carbons (Fsp3) is 0.611. The number of nitrogens with zero attached hydrogens (tertiary/aromatic N) is 2. The first-order valence-corrected chi connectivity index (χ1v) is 9.41. The molecule has 1 heterocycles. The van der Waals surface area contributed by atoms with Crippen molar-refractivity contribution >= 4 is 17.8 Å². The maximum Gasteiger partial charge on any atom is 0.317 e. The molecule has 1 fully saturated rings. The van der Waals surface area contributed by atoms with Gasteiger partial charge in [0.05, 0.1) is 6.04 Å². The molecule has 0 unspecified atom stereocenters. The Morgan fingerprint density at radius 1 is 1.39 bits per heavy atom. The van der Waals surface area contributed by atoms with Crippen LogP contribution in [0.25, 0.3) is 0 Å². The maximum absolute atomic E-state index is 12.4. The molecule has 2 atom stereocenters. The number of rotatable bonds is 6. The molecule has 0 aromatic heterocycles. The zero-order chi connectivity index (χ0) is 16.8. The van der Waals surface area contributed by atoms with Gasteiger partial charge >= 0.3 is 6.03 Å². The van der Waals surface area contributed by atoms with Gasteiger partial charge in [-0.3, -0.25) is 0 Å². The summed E-state index contributed by atoms with van der Waals surface area (Å²) in [5.74, 6) is 1.67. The molecular weight excluding hydrogens is 306 g/mol. The predicted octanol–water partition coefficient (Wildman–Crippen LogP) is 3.45. The summed E-state index contributed by atoms with van der Waals surface area (Å²) in [6.07, 6.45) is 1.10. The molecular formula is C18H29N3OS. The summed E-state index contributed by atoms with van der Waals surface area (Å²) >= 11 is 1.84. The van der Waals surface area contributed by atoms with Crippen molar-refractivity contribution in [1.82, 2.24) is 15.1 Å². The summed E-state index contributed by atoms with van der Waals surface area (Å²) in [7, 11) is 4.18. The third-order valence-electron chi connectivity index (χ3n) is 4.23. The average molecular weight is 336 g/mol. The van der Waals surface area contributed by atoms with Crippen molar-refractivity contribution in [3.63, 3.8) is 0 Å². The second-order valence-electron chi connectivity index (χ2n) is 6.54. The van der Waals surface area contributed by atoms with Gasteiger partial charge in [0, 0.05) is 24.5 Å². The van der Waals surface area contributed by atoms with E-state index in [0.717, 1.165) is 37.4 Å². The number of carbonyl (C=O) groups is 1. The monoisotopic (exact) mass is 335 g/mol. The molecule has 1 aliphatic rings. The van der Waals surface area contributed by atoms with Gasteiger partial charge < -0.3 is 15.1 Å². The van der Waals surface area contributed by atoms with E-state index in [4.69, 9.17) is 0 Å². The minimum Gasteiger partial charge on any atom is -0.331 e. The van der Waals surface area contributed by atoms with Gasteiger partial charge in [-0.2, -0.15) is 0 Å². The van der Waals surface area contributed by atoms with E-state index in [-0.39, 0.29) is 12.1 Å². The minimum absolute atomic E-state index is 0.0380. The Morgan fingerprint density at radius 2 is 2.09 bits per heavy atom. The van der Waals surface area contributed by atoms with Crippen molar-refractivity contribution in [3.05, 3.63) is 29.8 Å². The van der Waals surface area contributed by atoms with Crippen LogP contribution in [0.3, 0.4) is 0 Å². The van der Waals surface area contributed by atoms with E-state index in [1.807, 2.05) is 23.6 Å². The van der Waals surface area contributed by atoms with E-state index in [1.165, 1.54) is 4.90 Å². The lowest BCUT2D eigenvalue weighted by atomic mass is 10.1. The van der Waals surface area contributed by atoms with E-state index in [0.29, 0.717) is 5.92 Å². The Hall–Kier alpha value is -1.20. The molecule has 2 amide bonds. The number of amides is 2. The second kappa shape index (κ2) is 8.60. The minimum atomic E-state index is 0.0380. The molecule has 0 radical (unpaired) electrons. The van der Waals surface area contributed by atoms with Gasteiger partial charge in [0.25, 0.3) is 0 Å². The van der Waals surface area contributed by atoms with Gasteiger partial charge in [0.1, 0.15) is 0 Å². The molecule has 0 aliphatic carbocycles. The van der Waals surface area contributed by atoms with Crippen LogP contribution in [0.1, 0.15) is 31.9 Å². The molecule has 0 spiro atoms. The van der Waals surface area contributed by atoms with Crippen molar-refractivity contribution in [2.75, 3.05) is 39.5 Å². The Bertz CT molecular complexity index is 503. The number of thioether (sulfide) groups is 1. The number of urea groups is 1. The number of likely N-dealkylation sites (tertiary alicyclic amines) is 1. The summed E-state index contributed by atoms with van der Waals surface area (Å²) < 4.78 is 0. The lowest BCUT2D eigenvalue weighted by molar-refractivity contribution is 0.202. The zero-order valence-corrected chi connectivity index (χ0v) is 15.5. The highest BCUT2D eigenvalue weighted by molar-refractivity contribution is 7.99. The molecule has 1 saturated heterocycles. The number of hydrogen-bond acceptors (Lipinski definition) is 3. The zero-order valence-electron chi connectivity index (χ0n) is 14.7. The van der Waals surface area contributed by atoms with Crippen LogP contribution in [0.2, 0.25) is 0 Å². The predicted molar refractivity (Wildman–Crippen MR) is 98.0 cm³/mol. The summed E-state index contributed by atoms with van der Waals surface area (Å²) in [6.45, 7) is 6.98. The first kappa shape index (κ1) is 18.1. The van der Waals surface area contributed by atoms with Gasteiger partial charge in [0.15, 0.2) is 0 Å². The average Bonchev–Trinajstić information content (AvgIpc) is 2.96. The van der Waals surface area contributed by atoms with Gasteiger partial charge in [-0.1, -0.05) is 19.1 Å². The maximum atomic E-state index is 12.4. The molecule has 1 N–H and O–H groups in total. The molecule has 1 aliphatic heterocycles. The van der Waals surface area contributed by atoms with E-state index < -0.39 is 0 Å². The Balaban J connectivity index is 1.85. The Labute approximate surface area is 144 Å². The van der Waals surface area contributed by atoms with Crippen LogP contribution in [0.4, 0.5) is 4.79 Å². The first-order valence-electron chi connectivity index (χ1n) is 8.42. The molecule has 1 aromatic rings. The van der Waals surface area contributed by atoms with Crippen molar-refractivity contribution in [2.45, 2.75) is 31.2 Å². The largest absolute Gasteiger partial charge is 0.331 e. The van der Waals surface area contributed by atoms with Gasteiger partial charge in [-0.05, 0) is 56.8 Å². The van der Waals surface area contributed by atoms with E-state index in [1.54, 1.807) is 0 Å². The standard InChI is InChI=1S/C18H29N3OS/c1-5-23-17-8-6-16(7-9-17)14(2)19-18(22)21-11-10-15(13-21)12-20(3)4/h6-9,14-15H,5,10-13H2,1-4H3,(H,19,22)/t14-,15-/m1/s1. The van der Waals surface area contributed by atoms with Crippen LogP contribution in [0, 0.1) is 5.92 Å². The number of nitrogens with one attached hydrogen (secondary N) is 1. The summed E-state index contributed by atoms with van der Waals surface area (Å²) in [5, 5.41) is 3.13. The van der Waals surface area contributed by atoms with Crippen LogP contribution in [0.15, 0.2) is 29.2 Å². The summed E-state index contributed by atoms with van der Waals surface area (Å²) in [6, 6.07) is 8.59. The molecule has 0 bridgehead atoms. The van der Waals surface area contributed by atoms with Crippen LogP contribution < -0.4 is 5.32 Å². The lowest BCUT2D eigenvalue weighted by Crippen LogP contribution is -2.40. The third kappa shape index (κ3) is 5.43. The Kier molecular flexibility index (Phi) is 6.78. The van der Waals surface area contributed by atoms with Crippen molar-refractivity contribution < 1.29 is 4.79 Å². The molecule has 4 nitrogen and oxygen atoms in total. The quantitative estimate of drug-likeness (QED) is 0.809. The van der Waals surface area contributed by atoms with Crippen molar-refractivity contribution in [1.29, 1.82) is 0 Å². The highest BCUT2D eigenvalue weighted by Gasteiger charge is 2.27. The number of carbonyl (C=O) groups excluding carboxylic acids is 1. The Morgan fingerprint density at radius 3 is 2.70 bits per heavy atom. The smallest absolute Gasteiger partial charge is 0.317 e. The van der Waals surface area contributed by atoms with E-state index >= 15 is 0 Å². The van der Waals surface area contributed by atoms with Gasteiger partial charge in [-0.25, -0.2) is 4.79 Å². The van der Waals surface area contributed by atoms with Crippen LogP contribution >= 0.6 is 11.8 Å². The summed E-state index contributed by atoms with van der Waals surface area (Å²) in [4.78, 5) is 17.9. The topological polar surface area (TPSA) is 35.6 Å². The molecule has 5 heteroatoms. The highest BCUT2D eigenvalue weighted by Crippen LogP contribution is 2.22. The number of benzene rings is 1. The van der Waals surface area contributed by atoms with Crippen LogP contribution in [-0.2, 0) is 0 Å². The second-order valence-corrected chi connectivity index (χ2v) is 7.87. The molecule has 23 heavy (non-hydrogen) atoms. The van der Waals surface area contributed by atoms with Gasteiger partial charge in [0.2, 0.25) is 0 Å². The molecule has 0 saturated carbocycles. The molecule has 128 valence electrons. The summed E-state index contributed by atoms with van der Waals surface area (Å²) in [5.41, 5.74) is 1.16. The fourth-order valence-corrected chi connectivity index (χ4v) is 3.72. The van der Waals surface area contributed by atoms with Crippen LogP contribution in [-0.4, -0.2) is 55.3 Å². The first-order chi connectivity index (χ1) is 11.0. The van der Waals surface area contributed by atoms with Crippen molar-refractivity contribution in [2.24, 2.45) is 5.92 Å². The van der Waals surface area contributed by atoms with E-state index in [2.05, 4.69) is 55.5 Å². The molecule has 2 rings (SSSR count). The van der Waals surface area contributed by atoms with Crippen molar-refractivity contribution in [3.8, 4) is 0 Å². The van der Waals surface area contributed by atoms with Gasteiger partial charge in [-0.15, -0.1) is 11.8 Å².